The highest BCUT2D eigenvalue weighted by molar-refractivity contribution is 5.79. The molecule has 1 aromatic heterocycles. The fourth-order valence-electron chi connectivity index (χ4n) is 4.73. The first-order chi connectivity index (χ1) is 18.9. The maximum absolute atomic E-state index is 14.0. The molecule has 1 heterocycles. The molecule has 0 radical (unpaired) electrons. The van der Waals surface area contributed by atoms with E-state index in [4.69, 9.17) is 14.5 Å². The normalized spacial score (nSPS) is 12.0. The lowest BCUT2D eigenvalue weighted by atomic mass is 10.1. The summed E-state index contributed by atoms with van der Waals surface area (Å²) < 4.78 is 13.1. The molecule has 0 saturated carbocycles. The van der Waals surface area contributed by atoms with Gasteiger partial charge in [-0.15, -0.1) is 0 Å². The SMILES string of the molecule is CCC(c1nc2ccccc2c(=O)n1-c1ccccc1OC)N(CCC(C)C)C(=O)COCc1ccccc1. The van der Waals surface area contributed by atoms with Gasteiger partial charge in [0.1, 0.15) is 18.2 Å². The maximum Gasteiger partial charge on any atom is 0.266 e. The van der Waals surface area contributed by atoms with Gasteiger partial charge in [-0.1, -0.05) is 75.4 Å². The quantitative estimate of drug-likeness (QED) is 0.228. The molecular formula is C32H37N3O4. The van der Waals surface area contributed by atoms with Crippen LogP contribution in [0.1, 0.15) is 51.0 Å². The smallest absolute Gasteiger partial charge is 0.266 e. The molecule has 39 heavy (non-hydrogen) atoms. The van der Waals surface area contributed by atoms with Crippen molar-refractivity contribution in [2.45, 2.75) is 46.3 Å². The van der Waals surface area contributed by atoms with Gasteiger partial charge in [0, 0.05) is 6.54 Å². The van der Waals surface area contributed by atoms with Gasteiger partial charge in [-0.3, -0.25) is 14.2 Å². The van der Waals surface area contributed by atoms with E-state index in [1.165, 1.54) is 0 Å². The van der Waals surface area contributed by atoms with Gasteiger partial charge in [-0.2, -0.15) is 0 Å². The molecule has 1 unspecified atom stereocenters. The number of carbonyl (C=O) groups excluding carboxylic acids is 1. The Hall–Kier alpha value is -3.97. The molecule has 0 spiro atoms. The Labute approximate surface area is 230 Å². The van der Waals surface area contributed by atoms with Crippen molar-refractivity contribution < 1.29 is 14.3 Å². The molecule has 0 aliphatic carbocycles. The predicted molar refractivity (Wildman–Crippen MR) is 154 cm³/mol. The van der Waals surface area contributed by atoms with Crippen LogP contribution in [0, 0.1) is 5.92 Å². The minimum atomic E-state index is -0.446. The molecule has 0 N–H and O–H groups in total. The van der Waals surface area contributed by atoms with Gasteiger partial charge in [0.2, 0.25) is 5.91 Å². The zero-order valence-electron chi connectivity index (χ0n) is 23.2. The first-order valence-corrected chi connectivity index (χ1v) is 13.5. The number of carbonyl (C=O) groups is 1. The third kappa shape index (κ3) is 6.55. The van der Waals surface area contributed by atoms with E-state index in [9.17, 15) is 9.59 Å². The second kappa shape index (κ2) is 13.2. The summed E-state index contributed by atoms with van der Waals surface area (Å²) >= 11 is 0. The summed E-state index contributed by atoms with van der Waals surface area (Å²) in [5.74, 6) is 1.32. The Morgan fingerprint density at radius 1 is 0.974 bits per heavy atom. The first kappa shape index (κ1) is 28.0. The minimum Gasteiger partial charge on any atom is -0.495 e. The summed E-state index contributed by atoms with van der Waals surface area (Å²) in [6.07, 6.45) is 1.38. The number of amides is 1. The predicted octanol–water partition coefficient (Wildman–Crippen LogP) is 5.94. The molecule has 204 valence electrons. The molecular weight excluding hydrogens is 490 g/mol. The summed E-state index contributed by atoms with van der Waals surface area (Å²) in [6, 6.07) is 24.1. The fraction of sp³-hybridized carbons (Fsp3) is 0.344. The number of aromatic nitrogens is 2. The standard InChI is InChI=1S/C32H37N3O4/c1-5-27(34(20-19-23(2)3)30(36)22-39-21-24-13-7-6-8-14-24)31-33-26-16-10-9-15-25(26)32(37)35(31)28-17-11-12-18-29(28)38-4/h6-18,23,27H,5,19-22H2,1-4H3. The van der Waals surface area contributed by atoms with E-state index in [0.29, 0.717) is 53.7 Å². The van der Waals surface area contributed by atoms with Crippen LogP contribution in [0.2, 0.25) is 0 Å². The number of hydrogen-bond acceptors (Lipinski definition) is 5. The lowest BCUT2D eigenvalue weighted by molar-refractivity contribution is -0.139. The van der Waals surface area contributed by atoms with Gasteiger partial charge in [0.25, 0.3) is 5.56 Å². The molecule has 0 saturated heterocycles. The molecule has 7 heteroatoms. The monoisotopic (exact) mass is 527 g/mol. The number of nitrogens with zero attached hydrogens (tertiary/aromatic N) is 3. The van der Waals surface area contributed by atoms with Crippen LogP contribution in [0.3, 0.4) is 0 Å². The Morgan fingerprint density at radius 2 is 1.67 bits per heavy atom. The van der Waals surface area contributed by atoms with Crippen molar-refractivity contribution in [3.05, 3.63) is 101 Å². The van der Waals surface area contributed by atoms with Gasteiger partial charge in [0.15, 0.2) is 0 Å². The topological polar surface area (TPSA) is 73.7 Å². The zero-order chi connectivity index (χ0) is 27.8. The van der Waals surface area contributed by atoms with E-state index in [1.54, 1.807) is 17.7 Å². The fourth-order valence-corrected chi connectivity index (χ4v) is 4.73. The van der Waals surface area contributed by atoms with Gasteiger partial charge >= 0.3 is 0 Å². The number of para-hydroxylation sites is 3. The number of benzene rings is 3. The highest BCUT2D eigenvalue weighted by atomic mass is 16.5. The van der Waals surface area contributed by atoms with Crippen LogP contribution in [0.4, 0.5) is 0 Å². The second-order valence-electron chi connectivity index (χ2n) is 9.97. The van der Waals surface area contributed by atoms with Gasteiger partial charge in [-0.25, -0.2) is 4.98 Å². The molecule has 4 rings (SSSR count). The van der Waals surface area contributed by atoms with Crippen LogP contribution < -0.4 is 10.3 Å². The summed E-state index contributed by atoms with van der Waals surface area (Å²) in [5.41, 5.74) is 1.99. The maximum atomic E-state index is 14.0. The van der Waals surface area contributed by atoms with E-state index in [-0.39, 0.29) is 18.1 Å². The Kier molecular flexibility index (Phi) is 9.49. The molecule has 1 amide bonds. The Bertz CT molecular complexity index is 1450. The molecule has 1 atom stereocenters. The molecule has 0 bridgehead atoms. The lowest BCUT2D eigenvalue weighted by Crippen LogP contribution is -2.41. The van der Waals surface area contributed by atoms with Crippen LogP contribution in [0.5, 0.6) is 5.75 Å². The molecule has 0 fully saturated rings. The van der Waals surface area contributed by atoms with E-state index in [1.807, 2.05) is 84.6 Å². The van der Waals surface area contributed by atoms with E-state index in [0.717, 1.165) is 12.0 Å². The Balaban J connectivity index is 1.78. The van der Waals surface area contributed by atoms with Crippen molar-refractivity contribution in [1.82, 2.24) is 14.5 Å². The number of methoxy groups -OCH3 is 1. The molecule has 7 nitrogen and oxygen atoms in total. The van der Waals surface area contributed by atoms with Gasteiger partial charge in [0.05, 0.1) is 36.3 Å². The van der Waals surface area contributed by atoms with E-state index < -0.39 is 6.04 Å². The van der Waals surface area contributed by atoms with Crippen molar-refractivity contribution in [2.75, 3.05) is 20.3 Å². The van der Waals surface area contributed by atoms with Crippen molar-refractivity contribution in [3.63, 3.8) is 0 Å². The van der Waals surface area contributed by atoms with Crippen molar-refractivity contribution in [2.24, 2.45) is 5.92 Å². The number of fused-ring (bicyclic) bond motifs is 1. The third-order valence-corrected chi connectivity index (χ3v) is 6.79. The molecule has 3 aromatic carbocycles. The average Bonchev–Trinajstić information content (AvgIpc) is 2.95. The molecule has 4 aromatic rings. The third-order valence-electron chi connectivity index (χ3n) is 6.79. The van der Waals surface area contributed by atoms with Crippen molar-refractivity contribution in [3.8, 4) is 11.4 Å². The largest absolute Gasteiger partial charge is 0.495 e. The second-order valence-corrected chi connectivity index (χ2v) is 9.97. The number of rotatable bonds is 12. The van der Waals surface area contributed by atoms with E-state index >= 15 is 0 Å². The highest BCUT2D eigenvalue weighted by Crippen LogP contribution is 2.30. The summed E-state index contributed by atoms with van der Waals surface area (Å²) in [6.45, 7) is 7.10. The number of hydrogen-bond donors (Lipinski definition) is 0. The van der Waals surface area contributed by atoms with Crippen LogP contribution >= 0.6 is 0 Å². The minimum absolute atomic E-state index is 0.0596. The number of ether oxygens (including phenoxy) is 2. The summed E-state index contributed by atoms with van der Waals surface area (Å²) in [5, 5.41) is 0.508. The van der Waals surface area contributed by atoms with Crippen LogP contribution in [-0.2, 0) is 16.1 Å². The lowest BCUT2D eigenvalue weighted by Gasteiger charge is -2.33. The average molecular weight is 528 g/mol. The first-order valence-electron chi connectivity index (χ1n) is 13.5. The highest BCUT2D eigenvalue weighted by Gasteiger charge is 2.30. The van der Waals surface area contributed by atoms with Crippen LogP contribution in [0.25, 0.3) is 16.6 Å². The van der Waals surface area contributed by atoms with Crippen LogP contribution in [0.15, 0.2) is 83.7 Å². The summed E-state index contributed by atoms with van der Waals surface area (Å²) in [7, 11) is 1.58. The molecule has 0 aliphatic heterocycles. The summed E-state index contributed by atoms with van der Waals surface area (Å²) in [4.78, 5) is 34.5. The van der Waals surface area contributed by atoms with Crippen LogP contribution in [-0.4, -0.2) is 40.6 Å². The van der Waals surface area contributed by atoms with E-state index in [2.05, 4.69) is 13.8 Å². The zero-order valence-corrected chi connectivity index (χ0v) is 23.2. The molecule has 0 aliphatic rings. The van der Waals surface area contributed by atoms with Gasteiger partial charge in [-0.05, 0) is 48.6 Å². The Morgan fingerprint density at radius 3 is 2.38 bits per heavy atom. The van der Waals surface area contributed by atoms with Gasteiger partial charge < -0.3 is 14.4 Å². The van der Waals surface area contributed by atoms with Crippen molar-refractivity contribution in [1.29, 1.82) is 0 Å². The van der Waals surface area contributed by atoms with Crippen molar-refractivity contribution >= 4 is 16.8 Å².